The number of hydrogen-bond acceptors (Lipinski definition) is 2. The van der Waals surface area contributed by atoms with Crippen LogP contribution in [-0.4, -0.2) is 15.7 Å². The third kappa shape index (κ3) is 2.88. The van der Waals surface area contributed by atoms with E-state index < -0.39 is 46.7 Å². The monoisotopic (exact) mass is 353 g/mol. The fourth-order valence-corrected chi connectivity index (χ4v) is 1.98. The number of rotatable bonds is 3. The fraction of sp³-hybridized carbons (Fsp3) is 0.231. The van der Waals surface area contributed by atoms with Crippen LogP contribution in [0.5, 0.6) is 0 Å². The molecule has 4 nitrogen and oxygen atoms in total. The summed E-state index contributed by atoms with van der Waals surface area (Å²) in [6, 6.07) is -1.10. The Bertz CT molecular complexity index is 763. The van der Waals surface area contributed by atoms with Crippen molar-refractivity contribution in [2.24, 2.45) is 0 Å². The van der Waals surface area contributed by atoms with Gasteiger partial charge in [0, 0.05) is 0 Å². The number of anilines is 1. The van der Waals surface area contributed by atoms with Crippen molar-refractivity contribution >= 4 is 23.2 Å². The lowest BCUT2D eigenvalue weighted by atomic mass is 10.2. The van der Waals surface area contributed by atoms with E-state index >= 15 is 0 Å². The van der Waals surface area contributed by atoms with E-state index in [1.165, 1.54) is 20.0 Å². The van der Waals surface area contributed by atoms with Crippen molar-refractivity contribution in [3.05, 3.63) is 46.0 Å². The fourth-order valence-electron chi connectivity index (χ4n) is 1.85. The van der Waals surface area contributed by atoms with Crippen LogP contribution in [0.4, 0.5) is 27.6 Å². The smallest absolute Gasteiger partial charge is 0.249 e. The minimum absolute atomic E-state index is 0.251. The van der Waals surface area contributed by atoms with Gasteiger partial charge in [-0.25, -0.2) is 22.0 Å². The molecule has 23 heavy (non-hydrogen) atoms. The number of halogens is 6. The van der Waals surface area contributed by atoms with E-state index in [1.807, 2.05) is 0 Å². The van der Waals surface area contributed by atoms with Crippen LogP contribution < -0.4 is 5.32 Å². The van der Waals surface area contributed by atoms with Gasteiger partial charge in [-0.05, 0) is 13.8 Å². The highest BCUT2D eigenvalue weighted by atomic mass is 35.5. The highest BCUT2D eigenvalue weighted by Crippen LogP contribution is 2.28. The molecule has 0 aliphatic rings. The number of benzene rings is 1. The first-order valence-electron chi connectivity index (χ1n) is 6.18. The van der Waals surface area contributed by atoms with E-state index in [1.54, 1.807) is 5.32 Å². The van der Waals surface area contributed by atoms with Crippen molar-refractivity contribution in [2.75, 3.05) is 5.32 Å². The molecular formula is C13H9ClF5N3O. The minimum atomic E-state index is -2.30. The largest absolute Gasteiger partial charge is 0.319 e. The number of carbonyl (C=O) groups is 1. The molecule has 0 radical (unpaired) electrons. The third-order valence-electron chi connectivity index (χ3n) is 3.19. The molecule has 1 heterocycles. The van der Waals surface area contributed by atoms with Gasteiger partial charge in [-0.1, -0.05) is 11.6 Å². The van der Waals surface area contributed by atoms with Crippen molar-refractivity contribution in [2.45, 2.75) is 19.9 Å². The van der Waals surface area contributed by atoms with E-state index in [-0.39, 0.29) is 5.02 Å². The first-order chi connectivity index (χ1) is 10.7. The normalized spacial score (nSPS) is 12.3. The summed E-state index contributed by atoms with van der Waals surface area (Å²) in [7, 11) is 0. The van der Waals surface area contributed by atoms with Gasteiger partial charge >= 0.3 is 0 Å². The van der Waals surface area contributed by atoms with Crippen molar-refractivity contribution in [3.8, 4) is 0 Å². The van der Waals surface area contributed by atoms with Crippen LogP contribution in [0.1, 0.15) is 18.7 Å². The second-order valence-corrected chi connectivity index (χ2v) is 5.04. The van der Waals surface area contributed by atoms with Gasteiger partial charge in [0.25, 0.3) is 0 Å². The summed E-state index contributed by atoms with van der Waals surface area (Å²) in [5, 5.41) is 5.73. The second kappa shape index (κ2) is 6.15. The predicted octanol–water partition coefficient (Wildman–Crippen LogP) is 3.74. The van der Waals surface area contributed by atoms with Crippen molar-refractivity contribution in [1.29, 1.82) is 0 Å². The van der Waals surface area contributed by atoms with Crippen molar-refractivity contribution in [1.82, 2.24) is 9.78 Å². The Morgan fingerprint density at radius 2 is 1.61 bits per heavy atom. The molecular weight excluding hydrogens is 345 g/mol. The average Bonchev–Trinajstić information content (AvgIpc) is 2.86. The molecule has 1 N–H and O–H groups in total. The molecule has 1 unspecified atom stereocenters. The Labute approximate surface area is 131 Å². The molecule has 0 fully saturated rings. The first kappa shape index (κ1) is 17.2. The predicted molar refractivity (Wildman–Crippen MR) is 71.5 cm³/mol. The maximum atomic E-state index is 13.5. The summed E-state index contributed by atoms with van der Waals surface area (Å²) >= 11 is 5.77. The highest BCUT2D eigenvalue weighted by Gasteiger charge is 2.28. The number of aromatic nitrogens is 2. The summed E-state index contributed by atoms with van der Waals surface area (Å²) in [4.78, 5) is 12.0. The van der Waals surface area contributed by atoms with Gasteiger partial charge in [0.2, 0.25) is 11.7 Å². The van der Waals surface area contributed by atoms with Gasteiger partial charge in [-0.15, -0.1) is 0 Å². The zero-order valence-corrected chi connectivity index (χ0v) is 12.5. The van der Waals surface area contributed by atoms with E-state index in [0.717, 1.165) is 4.68 Å². The van der Waals surface area contributed by atoms with Crippen molar-refractivity contribution < 1.29 is 26.7 Å². The Balaban J connectivity index is 2.36. The Morgan fingerprint density at radius 3 is 2.04 bits per heavy atom. The topological polar surface area (TPSA) is 46.9 Å². The van der Waals surface area contributed by atoms with Crippen LogP contribution in [0.15, 0.2) is 6.20 Å². The average molecular weight is 354 g/mol. The first-order valence-corrected chi connectivity index (χ1v) is 6.56. The van der Waals surface area contributed by atoms with Gasteiger partial charge in [0.05, 0.1) is 16.9 Å². The third-order valence-corrected chi connectivity index (χ3v) is 3.56. The second-order valence-electron chi connectivity index (χ2n) is 4.63. The molecule has 0 bridgehead atoms. The molecule has 0 saturated heterocycles. The minimum Gasteiger partial charge on any atom is -0.319 e. The molecule has 10 heteroatoms. The lowest BCUT2D eigenvalue weighted by Gasteiger charge is -2.15. The van der Waals surface area contributed by atoms with Crippen LogP contribution in [0.2, 0.25) is 5.02 Å². The van der Waals surface area contributed by atoms with Crippen LogP contribution in [-0.2, 0) is 4.79 Å². The highest BCUT2D eigenvalue weighted by molar-refractivity contribution is 6.31. The number of carbonyl (C=O) groups excluding carboxylic acids is 1. The van der Waals surface area contributed by atoms with Gasteiger partial charge in [-0.2, -0.15) is 5.10 Å². The summed E-state index contributed by atoms with van der Waals surface area (Å²) in [5.41, 5.74) is -1.03. The lowest BCUT2D eigenvalue weighted by Crippen LogP contribution is -2.26. The maximum absolute atomic E-state index is 13.5. The molecule has 1 aromatic carbocycles. The van der Waals surface area contributed by atoms with Gasteiger partial charge < -0.3 is 5.32 Å². The van der Waals surface area contributed by atoms with Gasteiger partial charge in [0.15, 0.2) is 23.3 Å². The Kier molecular flexibility index (Phi) is 4.60. The maximum Gasteiger partial charge on any atom is 0.249 e. The molecule has 1 atom stereocenters. The number of hydrogen-bond donors (Lipinski definition) is 1. The van der Waals surface area contributed by atoms with E-state index in [0.29, 0.717) is 5.69 Å². The SMILES string of the molecule is Cc1c(Cl)cnn1C(C)C(=O)Nc1c(F)c(F)c(F)c(F)c1F. The molecule has 0 spiro atoms. The summed E-state index contributed by atoms with van der Waals surface area (Å²) in [6.45, 7) is 2.86. The number of nitrogens with one attached hydrogen (secondary N) is 1. The van der Waals surface area contributed by atoms with Crippen LogP contribution in [0.25, 0.3) is 0 Å². The van der Waals surface area contributed by atoms with E-state index in [4.69, 9.17) is 11.6 Å². The molecule has 2 rings (SSSR count). The summed E-state index contributed by atoms with van der Waals surface area (Å²) in [6.07, 6.45) is 1.25. The summed E-state index contributed by atoms with van der Waals surface area (Å²) in [5.74, 6) is -11.9. The standard InChI is InChI=1S/C13H9ClF5N3O/c1-4-6(14)3-20-22(4)5(2)13(23)21-12-10(18)8(16)7(15)9(17)11(12)19/h3,5H,1-2H3,(H,21,23). The molecule has 124 valence electrons. The molecule has 0 aliphatic heterocycles. The quantitative estimate of drug-likeness (QED) is 0.519. The molecule has 0 saturated carbocycles. The van der Waals surface area contributed by atoms with Crippen LogP contribution in [0, 0.1) is 36.0 Å². The molecule has 0 aliphatic carbocycles. The molecule has 1 aromatic heterocycles. The Morgan fingerprint density at radius 1 is 1.13 bits per heavy atom. The number of nitrogens with zero attached hydrogens (tertiary/aromatic N) is 2. The Hall–Kier alpha value is -2.16. The van der Waals surface area contributed by atoms with Crippen LogP contribution >= 0.6 is 11.6 Å². The van der Waals surface area contributed by atoms with Crippen LogP contribution in [0.3, 0.4) is 0 Å². The lowest BCUT2D eigenvalue weighted by molar-refractivity contribution is -0.119. The zero-order valence-electron chi connectivity index (χ0n) is 11.7. The van der Waals surface area contributed by atoms with Crippen molar-refractivity contribution in [3.63, 3.8) is 0 Å². The molecule has 2 aromatic rings. The summed E-state index contributed by atoms with van der Waals surface area (Å²) < 4.78 is 67.3. The zero-order chi connectivity index (χ0) is 17.5. The van der Waals surface area contributed by atoms with E-state index in [2.05, 4.69) is 5.10 Å². The van der Waals surface area contributed by atoms with Gasteiger partial charge in [0.1, 0.15) is 11.7 Å². The molecule has 1 amide bonds. The van der Waals surface area contributed by atoms with Gasteiger partial charge in [-0.3, -0.25) is 9.48 Å². The van der Waals surface area contributed by atoms with E-state index in [9.17, 15) is 26.7 Å². The number of amides is 1.